The molecule has 0 radical (unpaired) electrons. The molecule has 8 heteroatoms. The number of pyridine rings is 1. The zero-order valence-corrected chi connectivity index (χ0v) is 14.8. The van der Waals surface area contributed by atoms with Crippen molar-refractivity contribution in [2.75, 3.05) is 13.1 Å². The Labute approximate surface area is 151 Å². The summed E-state index contributed by atoms with van der Waals surface area (Å²) in [6.07, 6.45) is 7.50. The summed E-state index contributed by atoms with van der Waals surface area (Å²) in [4.78, 5) is 12.6. The second-order valence-electron chi connectivity index (χ2n) is 6.12. The minimum atomic E-state index is -3.66. The molecular formula is C18H18N4O3S. The summed E-state index contributed by atoms with van der Waals surface area (Å²) in [5.41, 5.74) is 0.493. The van der Waals surface area contributed by atoms with Gasteiger partial charge in [0.15, 0.2) is 0 Å². The van der Waals surface area contributed by atoms with Crippen molar-refractivity contribution in [3.63, 3.8) is 0 Å². The van der Waals surface area contributed by atoms with E-state index in [2.05, 4.69) is 15.0 Å². The molecule has 1 aliphatic heterocycles. The van der Waals surface area contributed by atoms with Gasteiger partial charge in [-0.3, -0.25) is 9.97 Å². The predicted octanol–water partition coefficient (Wildman–Crippen LogP) is 2.26. The Bertz CT molecular complexity index is 1010. The monoisotopic (exact) mass is 370 g/mol. The fourth-order valence-electron chi connectivity index (χ4n) is 3.16. The van der Waals surface area contributed by atoms with E-state index in [9.17, 15) is 8.42 Å². The van der Waals surface area contributed by atoms with Crippen molar-refractivity contribution in [2.45, 2.75) is 23.8 Å². The van der Waals surface area contributed by atoms with E-state index >= 15 is 0 Å². The largest absolute Gasteiger partial charge is 0.472 e. The molecule has 1 unspecified atom stereocenters. The summed E-state index contributed by atoms with van der Waals surface area (Å²) in [5.74, 6) is 0.406. The number of nitrogens with zero attached hydrogens (tertiary/aromatic N) is 4. The topological polar surface area (TPSA) is 85.3 Å². The number of hydrogen-bond acceptors (Lipinski definition) is 6. The van der Waals surface area contributed by atoms with Gasteiger partial charge in [0, 0.05) is 30.5 Å². The molecule has 4 rings (SSSR count). The van der Waals surface area contributed by atoms with Crippen LogP contribution in [0.4, 0.5) is 0 Å². The first-order valence-corrected chi connectivity index (χ1v) is 9.85. The average molecular weight is 370 g/mol. The third-order valence-electron chi connectivity index (χ3n) is 4.38. The maximum absolute atomic E-state index is 13.2. The highest BCUT2D eigenvalue weighted by Gasteiger charge is 2.32. The molecule has 3 aromatic rings. The fraction of sp³-hybridized carbons (Fsp3) is 0.278. The molecule has 0 spiro atoms. The van der Waals surface area contributed by atoms with Gasteiger partial charge in [0.1, 0.15) is 11.0 Å². The molecule has 2 aromatic heterocycles. The van der Waals surface area contributed by atoms with Gasteiger partial charge in [-0.05, 0) is 25.0 Å². The molecule has 1 fully saturated rings. The Hall–Kier alpha value is -2.58. The van der Waals surface area contributed by atoms with Gasteiger partial charge >= 0.3 is 0 Å². The number of benzene rings is 1. The zero-order valence-electron chi connectivity index (χ0n) is 14.0. The minimum Gasteiger partial charge on any atom is -0.472 e. The van der Waals surface area contributed by atoms with Gasteiger partial charge in [0.2, 0.25) is 15.9 Å². The quantitative estimate of drug-likeness (QED) is 0.700. The van der Waals surface area contributed by atoms with Crippen molar-refractivity contribution in [2.24, 2.45) is 0 Å². The van der Waals surface area contributed by atoms with E-state index in [0.29, 0.717) is 17.9 Å². The molecule has 3 heterocycles. The Morgan fingerprint density at radius 3 is 2.81 bits per heavy atom. The SMILES string of the molecule is O=S(=O)(c1cccc2cccnc12)N1CCCC(Oc2cnccn2)C1. The van der Waals surface area contributed by atoms with Crippen LogP contribution < -0.4 is 4.74 Å². The van der Waals surface area contributed by atoms with E-state index in [1.54, 1.807) is 36.8 Å². The maximum Gasteiger partial charge on any atom is 0.245 e. The fourth-order valence-corrected chi connectivity index (χ4v) is 4.84. The molecule has 1 aromatic carbocycles. The second-order valence-corrected chi connectivity index (χ2v) is 8.03. The number of hydrogen-bond donors (Lipinski definition) is 0. The van der Waals surface area contributed by atoms with Crippen molar-refractivity contribution < 1.29 is 13.2 Å². The highest BCUT2D eigenvalue weighted by Crippen LogP contribution is 2.27. The highest BCUT2D eigenvalue weighted by atomic mass is 32.2. The standard InChI is InChI=1S/C18H18N4O3S/c23-26(24,16-7-1-4-14-5-2-8-21-18(14)16)22-11-3-6-15(13-22)25-17-12-19-9-10-20-17/h1-2,4-5,7-10,12,15H,3,6,11,13H2. The number of rotatable bonds is 4. The first-order chi connectivity index (χ1) is 12.6. The van der Waals surface area contributed by atoms with Gasteiger partial charge in [-0.2, -0.15) is 4.31 Å². The van der Waals surface area contributed by atoms with Crippen LogP contribution in [0.2, 0.25) is 0 Å². The zero-order chi connectivity index (χ0) is 18.0. The molecule has 26 heavy (non-hydrogen) atoms. The van der Waals surface area contributed by atoms with Crippen LogP contribution in [0.1, 0.15) is 12.8 Å². The molecule has 1 atom stereocenters. The highest BCUT2D eigenvalue weighted by molar-refractivity contribution is 7.89. The number of fused-ring (bicyclic) bond motifs is 1. The summed E-state index contributed by atoms with van der Waals surface area (Å²) in [7, 11) is -3.66. The van der Waals surface area contributed by atoms with E-state index in [0.717, 1.165) is 18.2 Å². The van der Waals surface area contributed by atoms with Crippen LogP contribution in [-0.2, 0) is 10.0 Å². The number of aromatic nitrogens is 3. The van der Waals surface area contributed by atoms with Crippen LogP contribution in [0.3, 0.4) is 0 Å². The summed E-state index contributed by atoms with van der Waals surface area (Å²) in [6.45, 7) is 0.744. The summed E-state index contributed by atoms with van der Waals surface area (Å²) >= 11 is 0. The van der Waals surface area contributed by atoms with Crippen LogP contribution >= 0.6 is 0 Å². The maximum atomic E-state index is 13.2. The van der Waals surface area contributed by atoms with Crippen molar-refractivity contribution in [3.8, 4) is 5.88 Å². The van der Waals surface area contributed by atoms with Gasteiger partial charge in [-0.15, -0.1) is 0 Å². The molecule has 134 valence electrons. The van der Waals surface area contributed by atoms with Gasteiger partial charge in [-0.1, -0.05) is 18.2 Å². The molecule has 1 saturated heterocycles. The average Bonchev–Trinajstić information content (AvgIpc) is 2.68. The van der Waals surface area contributed by atoms with Crippen LogP contribution in [0.5, 0.6) is 5.88 Å². The van der Waals surface area contributed by atoms with Crippen molar-refractivity contribution in [1.29, 1.82) is 0 Å². The van der Waals surface area contributed by atoms with E-state index < -0.39 is 10.0 Å². The lowest BCUT2D eigenvalue weighted by atomic mass is 10.1. The number of sulfonamides is 1. The van der Waals surface area contributed by atoms with E-state index in [4.69, 9.17) is 4.74 Å². The minimum absolute atomic E-state index is 0.232. The lowest BCUT2D eigenvalue weighted by Crippen LogP contribution is -2.44. The first kappa shape index (κ1) is 16.9. The van der Waals surface area contributed by atoms with Crippen LogP contribution in [0, 0.1) is 0 Å². The summed E-state index contributed by atoms with van der Waals surface area (Å²) < 4.78 is 33.7. The number of ether oxygens (including phenoxy) is 1. The van der Waals surface area contributed by atoms with Gasteiger partial charge in [-0.25, -0.2) is 13.4 Å². The predicted molar refractivity (Wildman–Crippen MR) is 96.2 cm³/mol. The smallest absolute Gasteiger partial charge is 0.245 e. The molecule has 0 N–H and O–H groups in total. The summed E-state index contributed by atoms with van der Waals surface area (Å²) in [5, 5.41) is 0.804. The Morgan fingerprint density at radius 1 is 1.08 bits per heavy atom. The van der Waals surface area contributed by atoms with Crippen LogP contribution in [0.25, 0.3) is 10.9 Å². The van der Waals surface area contributed by atoms with Gasteiger partial charge in [0.05, 0.1) is 18.3 Å². The Morgan fingerprint density at radius 2 is 1.96 bits per heavy atom. The van der Waals surface area contributed by atoms with E-state index in [1.165, 1.54) is 10.5 Å². The third-order valence-corrected chi connectivity index (χ3v) is 6.28. The first-order valence-electron chi connectivity index (χ1n) is 8.41. The van der Waals surface area contributed by atoms with Crippen LogP contribution in [0.15, 0.2) is 60.0 Å². The molecule has 1 aliphatic rings. The van der Waals surface area contributed by atoms with E-state index in [1.807, 2.05) is 12.1 Å². The lowest BCUT2D eigenvalue weighted by Gasteiger charge is -2.31. The molecule has 0 bridgehead atoms. The third kappa shape index (κ3) is 3.25. The van der Waals surface area contributed by atoms with E-state index in [-0.39, 0.29) is 17.5 Å². The molecule has 7 nitrogen and oxygen atoms in total. The molecule has 0 saturated carbocycles. The molecule has 0 amide bonds. The Kier molecular flexibility index (Phi) is 4.52. The summed E-state index contributed by atoms with van der Waals surface area (Å²) in [6, 6.07) is 8.87. The number of piperidine rings is 1. The van der Waals surface area contributed by atoms with Crippen molar-refractivity contribution >= 4 is 20.9 Å². The second kappa shape index (κ2) is 6.97. The molecular weight excluding hydrogens is 352 g/mol. The molecule has 0 aliphatic carbocycles. The van der Waals surface area contributed by atoms with Gasteiger partial charge < -0.3 is 4.74 Å². The normalized spacial score (nSPS) is 18.7. The van der Waals surface area contributed by atoms with Crippen molar-refractivity contribution in [1.82, 2.24) is 19.3 Å². The lowest BCUT2D eigenvalue weighted by molar-refractivity contribution is 0.124. The van der Waals surface area contributed by atoms with Gasteiger partial charge in [0.25, 0.3) is 0 Å². The number of para-hydroxylation sites is 1. The van der Waals surface area contributed by atoms with Crippen LogP contribution in [-0.4, -0.2) is 46.9 Å². The van der Waals surface area contributed by atoms with Crippen molar-refractivity contribution in [3.05, 3.63) is 55.1 Å². The Balaban J connectivity index is 1.61.